The van der Waals surface area contributed by atoms with E-state index >= 15 is 0 Å². The van der Waals surface area contributed by atoms with Crippen molar-refractivity contribution in [1.29, 1.82) is 5.26 Å². The Balaban J connectivity index is 1.64. The average molecular weight is 545 g/mol. The van der Waals surface area contributed by atoms with Crippen molar-refractivity contribution in [3.8, 4) is 17.6 Å². The number of azo groups is 1. The number of nitrogens with zero attached hydrogens (tertiary/aromatic N) is 6. The molecule has 0 aliphatic carbocycles. The first-order valence-corrected chi connectivity index (χ1v) is 12.8. The number of hydrogen-bond acceptors (Lipinski definition) is 8. The highest BCUT2D eigenvalue weighted by molar-refractivity contribution is 6.12. The number of benzene rings is 3. The molecule has 0 atom stereocenters. The molecule has 0 aliphatic heterocycles. The standard InChI is InChI=1S/C30H24N8O3/c1-2-13-33-29(40)19-11-12-23-20(15-19)16-24(30(41)35-22-8-4-3-5-9-22)27(39)26(23)36-37-28-21(17-31)18-34-38(28)25-10-6-7-14-32-25/h3-12,14-16,18,39H,2,13H2,1H3,(H,33,40)(H,35,41). The molecule has 11 nitrogen and oxygen atoms in total. The van der Waals surface area contributed by atoms with Crippen molar-refractivity contribution in [2.75, 3.05) is 11.9 Å². The number of aromatic nitrogens is 3. The van der Waals surface area contributed by atoms with Crippen molar-refractivity contribution >= 4 is 39.8 Å². The molecule has 0 radical (unpaired) electrons. The van der Waals surface area contributed by atoms with Gasteiger partial charge < -0.3 is 15.7 Å². The summed E-state index contributed by atoms with van der Waals surface area (Å²) >= 11 is 0. The minimum Gasteiger partial charge on any atom is -0.505 e. The van der Waals surface area contributed by atoms with Crippen LogP contribution in [0.5, 0.6) is 5.75 Å². The summed E-state index contributed by atoms with van der Waals surface area (Å²) in [5, 5.41) is 40.2. The van der Waals surface area contributed by atoms with E-state index in [9.17, 15) is 20.0 Å². The van der Waals surface area contributed by atoms with E-state index in [1.54, 1.807) is 66.9 Å². The normalized spacial score (nSPS) is 10.9. The number of aromatic hydroxyl groups is 1. The van der Waals surface area contributed by atoms with E-state index in [0.717, 1.165) is 6.42 Å². The number of nitrogens with one attached hydrogen (secondary N) is 2. The van der Waals surface area contributed by atoms with Gasteiger partial charge in [0.05, 0.1) is 11.8 Å². The highest BCUT2D eigenvalue weighted by atomic mass is 16.3. The molecule has 0 unspecified atom stereocenters. The third-order valence-electron chi connectivity index (χ3n) is 6.14. The summed E-state index contributed by atoms with van der Waals surface area (Å²) in [4.78, 5) is 30.2. The van der Waals surface area contributed by atoms with E-state index in [-0.39, 0.29) is 28.5 Å². The number of carbonyl (C=O) groups excluding carboxylic acids is 2. The van der Waals surface area contributed by atoms with Crippen LogP contribution in [-0.2, 0) is 0 Å². The monoisotopic (exact) mass is 544 g/mol. The number of pyridine rings is 1. The zero-order valence-electron chi connectivity index (χ0n) is 21.9. The summed E-state index contributed by atoms with van der Waals surface area (Å²) in [6.45, 7) is 2.47. The van der Waals surface area contributed by atoms with E-state index in [4.69, 9.17) is 0 Å². The molecular weight excluding hydrogens is 520 g/mol. The number of hydrogen-bond donors (Lipinski definition) is 3. The molecule has 5 rings (SSSR count). The number of para-hydroxylation sites is 1. The van der Waals surface area contributed by atoms with Crippen LogP contribution in [0.1, 0.15) is 39.6 Å². The molecule has 0 fully saturated rings. The van der Waals surface area contributed by atoms with Gasteiger partial charge >= 0.3 is 0 Å². The van der Waals surface area contributed by atoms with Gasteiger partial charge in [-0.1, -0.05) is 37.3 Å². The van der Waals surface area contributed by atoms with Gasteiger partial charge in [0.1, 0.15) is 17.3 Å². The number of phenols is 1. The molecule has 41 heavy (non-hydrogen) atoms. The van der Waals surface area contributed by atoms with Crippen molar-refractivity contribution in [1.82, 2.24) is 20.1 Å². The van der Waals surface area contributed by atoms with Crippen molar-refractivity contribution in [2.45, 2.75) is 13.3 Å². The first-order valence-electron chi connectivity index (χ1n) is 12.8. The van der Waals surface area contributed by atoms with Crippen LogP contribution in [0.4, 0.5) is 17.2 Å². The van der Waals surface area contributed by atoms with Gasteiger partial charge in [-0.3, -0.25) is 9.59 Å². The van der Waals surface area contributed by atoms with E-state index < -0.39 is 11.7 Å². The second-order valence-corrected chi connectivity index (χ2v) is 8.93. The lowest BCUT2D eigenvalue weighted by atomic mass is 10.0. The number of carbonyl (C=O) groups is 2. The van der Waals surface area contributed by atoms with Crippen molar-refractivity contribution < 1.29 is 14.7 Å². The predicted molar refractivity (Wildman–Crippen MR) is 153 cm³/mol. The number of phenolic OH excluding ortho intramolecular Hbond substituents is 1. The molecule has 0 saturated carbocycles. The predicted octanol–water partition coefficient (Wildman–Crippen LogP) is 5.81. The van der Waals surface area contributed by atoms with Crippen LogP contribution in [0.25, 0.3) is 16.6 Å². The van der Waals surface area contributed by atoms with Gasteiger partial charge in [0.2, 0.25) is 0 Å². The van der Waals surface area contributed by atoms with Crippen LogP contribution in [0, 0.1) is 11.3 Å². The topological polar surface area (TPSA) is 158 Å². The van der Waals surface area contributed by atoms with Gasteiger partial charge in [0, 0.05) is 29.4 Å². The Morgan fingerprint density at radius 3 is 2.56 bits per heavy atom. The maximum atomic E-state index is 13.3. The lowest BCUT2D eigenvalue weighted by Gasteiger charge is -2.12. The summed E-state index contributed by atoms with van der Waals surface area (Å²) in [7, 11) is 0. The molecule has 202 valence electrons. The molecule has 0 saturated heterocycles. The minimum atomic E-state index is -0.580. The number of anilines is 1. The molecule has 3 aromatic carbocycles. The van der Waals surface area contributed by atoms with Crippen LogP contribution >= 0.6 is 0 Å². The zero-order chi connectivity index (χ0) is 28.8. The van der Waals surface area contributed by atoms with E-state index in [2.05, 4.69) is 30.9 Å². The average Bonchev–Trinajstić information content (AvgIpc) is 3.42. The summed E-state index contributed by atoms with van der Waals surface area (Å²) in [5.74, 6) is -0.758. The second-order valence-electron chi connectivity index (χ2n) is 8.93. The first-order chi connectivity index (χ1) is 20.0. The second kappa shape index (κ2) is 11.9. The lowest BCUT2D eigenvalue weighted by molar-refractivity contribution is 0.0953. The quantitative estimate of drug-likeness (QED) is 0.209. The molecule has 11 heteroatoms. The molecule has 2 amide bonds. The highest BCUT2D eigenvalue weighted by Gasteiger charge is 2.21. The minimum absolute atomic E-state index is 0.0149. The Hall–Kier alpha value is -5.89. The SMILES string of the molecule is CCCNC(=O)c1ccc2c(N=Nc3c(C#N)cnn3-c3ccccn3)c(O)c(C(=O)Nc3ccccc3)cc2c1. The van der Waals surface area contributed by atoms with E-state index in [0.29, 0.717) is 34.4 Å². The summed E-state index contributed by atoms with van der Waals surface area (Å²) < 4.78 is 1.35. The Morgan fingerprint density at radius 1 is 1.02 bits per heavy atom. The molecule has 5 aromatic rings. The van der Waals surface area contributed by atoms with E-state index in [1.807, 2.05) is 19.1 Å². The van der Waals surface area contributed by atoms with E-state index in [1.165, 1.54) is 16.9 Å². The van der Waals surface area contributed by atoms with Gasteiger partial charge in [-0.25, -0.2) is 4.98 Å². The largest absolute Gasteiger partial charge is 0.505 e. The van der Waals surface area contributed by atoms with Gasteiger partial charge in [0.25, 0.3) is 11.8 Å². The maximum absolute atomic E-state index is 13.3. The number of nitriles is 1. The third kappa shape index (κ3) is 5.62. The third-order valence-corrected chi connectivity index (χ3v) is 6.14. The lowest BCUT2D eigenvalue weighted by Crippen LogP contribution is -2.23. The molecule has 0 aliphatic rings. The smallest absolute Gasteiger partial charge is 0.259 e. The van der Waals surface area contributed by atoms with Crippen molar-refractivity contribution in [3.63, 3.8) is 0 Å². The van der Waals surface area contributed by atoms with Crippen LogP contribution in [-0.4, -0.2) is 38.2 Å². The number of rotatable bonds is 8. The highest BCUT2D eigenvalue weighted by Crippen LogP contribution is 2.40. The zero-order valence-corrected chi connectivity index (χ0v) is 21.9. The molecular formula is C30H24N8O3. The Bertz CT molecular complexity index is 1810. The Morgan fingerprint density at radius 2 is 1.83 bits per heavy atom. The molecule has 2 heterocycles. The maximum Gasteiger partial charge on any atom is 0.259 e. The van der Waals surface area contributed by atoms with Crippen LogP contribution in [0.2, 0.25) is 0 Å². The Kier molecular flexibility index (Phi) is 7.74. The van der Waals surface area contributed by atoms with Gasteiger partial charge in [-0.15, -0.1) is 10.2 Å². The van der Waals surface area contributed by atoms with Crippen LogP contribution in [0.3, 0.4) is 0 Å². The summed E-state index contributed by atoms with van der Waals surface area (Å²) in [6, 6.07) is 22.4. The van der Waals surface area contributed by atoms with Gasteiger partial charge in [-0.2, -0.15) is 15.0 Å². The molecule has 2 aromatic heterocycles. The fourth-order valence-corrected chi connectivity index (χ4v) is 4.11. The molecule has 3 N–H and O–H groups in total. The van der Waals surface area contributed by atoms with Crippen molar-refractivity contribution in [3.05, 3.63) is 102 Å². The van der Waals surface area contributed by atoms with Crippen molar-refractivity contribution in [2.24, 2.45) is 10.2 Å². The summed E-state index contributed by atoms with van der Waals surface area (Å²) in [5.41, 5.74) is 0.967. The number of amides is 2. The summed E-state index contributed by atoms with van der Waals surface area (Å²) in [6.07, 6.45) is 3.69. The van der Waals surface area contributed by atoms with Gasteiger partial charge in [0.15, 0.2) is 17.4 Å². The molecule has 0 bridgehead atoms. The van der Waals surface area contributed by atoms with Crippen LogP contribution < -0.4 is 10.6 Å². The van der Waals surface area contributed by atoms with Crippen LogP contribution in [0.15, 0.2) is 95.4 Å². The Labute approximate surface area is 234 Å². The number of fused-ring (bicyclic) bond motifs is 1. The van der Waals surface area contributed by atoms with Gasteiger partial charge in [-0.05, 0) is 54.3 Å². The first kappa shape index (κ1) is 26.7. The fraction of sp³-hybridized carbons (Fsp3) is 0.100. The fourth-order valence-electron chi connectivity index (χ4n) is 4.11. The molecule has 0 spiro atoms.